The molecule has 0 aromatic carbocycles. The van der Waals surface area contributed by atoms with E-state index >= 15 is 0 Å². The predicted molar refractivity (Wildman–Crippen MR) is 72.9 cm³/mol. The molecule has 3 heterocycles. The Kier molecular flexibility index (Phi) is 3.07. The van der Waals surface area contributed by atoms with E-state index in [1.807, 2.05) is 0 Å². The van der Waals surface area contributed by atoms with Crippen LogP contribution in [0.1, 0.15) is 0 Å². The molecule has 2 N–H and O–H groups in total. The number of nitrogens with one attached hydrogen (secondary N) is 2. The highest BCUT2D eigenvalue weighted by Gasteiger charge is 2.11. The number of fused-ring (bicyclic) bond motifs is 1. The standard InChI is InChI=1S/C12H10N6O3/c19-9-4-5-13-11(14-9)15-10(20)7-18-12(21)17-6-2-1-3-8(17)16-18/h1-6H,7H2,(H2,13,14,15,19,20). The Labute approximate surface area is 116 Å². The zero-order valence-electron chi connectivity index (χ0n) is 10.7. The SMILES string of the molecule is O=C(Cn1nc2ccccn2c1=O)Nc1nccc(=O)[nH]1. The van der Waals surface area contributed by atoms with E-state index < -0.39 is 11.6 Å². The number of aromatic amines is 1. The van der Waals surface area contributed by atoms with Crippen molar-refractivity contribution in [2.45, 2.75) is 6.54 Å². The molecule has 0 aliphatic carbocycles. The van der Waals surface area contributed by atoms with Crippen LogP contribution >= 0.6 is 0 Å². The van der Waals surface area contributed by atoms with Crippen LogP contribution in [-0.4, -0.2) is 30.1 Å². The largest absolute Gasteiger partial charge is 0.350 e. The normalized spacial score (nSPS) is 10.7. The molecule has 0 saturated heterocycles. The Morgan fingerprint density at radius 2 is 2.14 bits per heavy atom. The average molecular weight is 286 g/mol. The molecule has 0 unspecified atom stereocenters. The smallest absolute Gasteiger partial charge is 0.294 e. The summed E-state index contributed by atoms with van der Waals surface area (Å²) >= 11 is 0. The summed E-state index contributed by atoms with van der Waals surface area (Å²) in [6.45, 7) is -0.279. The maximum absolute atomic E-state index is 12.0. The van der Waals surface area contributed by atoms with Crippen molar-refractivity contribution in [3.05, 3.63) is 57.5 Å². The molecule has 3 rings (SSSR count). The van der Waals surface area contributed by atoms with E-state index in [0.29, 0.717) is 5.65 Å². The molecule has 0 fully saturated rings. The van der Waals surface area contributed by atoms with Crippen molar-refractivity contribution >= 4 is 17.5 Å². The average Bonchev–Trinajstić information content (AvgIpc) is 2.76. The van der Waals surface area contributed by atoms with Gasteiger partial charge in [0.2, 0.25) is 11.9 Å². The molecule has 1 amide bonds. The lowest BCUT2D eigenvalue weighted by atomic mass is 10.5. The lowest BCUT2D eigenvalue weighted by Crippen LogP contribution is -2.29. The van der Waals surface area contributed by atoms with Gasteiger partial charge in [-0.2, -0.15) is 0 Å². The number of H-pyrrole nitrogens is 1. The molecule has 3 aromatic heterocycles. The number of nitrogens with zero attached hydrogens (tertiary/aromatic N) is 4. The number of pyridine rings is 1. The van der Waals surface area contributed by atoms with Crippen molar-refractivity contribution in [3.8, 4) is 0 Å². The van der Waals surface area contributed by atoms with Crippen LogP contribution in [-0.2, 0) is 11.3 Å². The van der Waals surface area contributed by atoms with Gasteiger partial charge in [-0.3, -0.25) is 24.3 Å². The highest BCUT2D eigenvalue weighted by Crippen LogP contribution is 1.96. The van der Waals surface area contributed by atoms with Gasteiger partial charge in [0.25, 0.3) is 5.56 Å². The van der Waals surface area contributed by atoms with Gasteiger partial charge in [0.15, 0.2) is 5.65 Å². The van der Waals surface area contributed by atoms with E-state index in [-0.39, 0.29) is 18.1 Å². The van der Waals surface area contributed by atoms with Crippen molar-refractivity contribution in [2.24, 2.45) is 0 Å². The second kappa shape index (κ2) is 5.04. The molecule has 0 spiro atoms. The first-order chi connectivity index (χ1) is 10.1. The molecule has 0 bridgehead atoms. The van der Waals surface area contributed by atoms with Crippen molar-refractivity contribution in [2.75, 3.05) is 5.32 Å². The van der Waals surface area contributed by atoms with Gasteiger partial charge < -0.3 is 0 Å². The number of hydrogen-bond donors (Lipinski definition) is 2. The Balaban J connectivity index is 1.82. The van der Waals surface area contributed by atoms with Crippen molar-refractivity contribution in [1.29, 1.82) is 0 Å². The van der Waals surface area contributed by atoms with Gasteiger partial charge in [-0.15, -0.1) is 5.10 Å². The van der Waals surface area contributed by atoms with Crippen LogP contribution in [0.15, 0.2) is 46.2 Å². The molecule has 0 aliphatic heterocycles. The highest BCUT2D eigenvalue weighted by atomic mass is 16.2. The first-order valence-electron chi connectivity index (χ1n) is 6.03. The van der Waals surface area contributed by atoms with Crippen LogP contribution in [0.25, 0.3) is 5.65 Å². The Morgan fingerprint density at radius 3 is 2.90 bits per heavy atom. The predicted octanol–water partition coefficient (Wildman–Crippen LogP) is -0.782. The van der Waals surface area contributed by atoms with Crippen molar-refractivity contribution in [1.82, 2.24) is 24.1 Å². The molecule has 3 aromatic rings. The summed E-state index contributed by atoms with van der Waals surface area (Å²) in [7, 11) is 0. The van der Waals surface area contributed by atoms with Crippen LogP contribution in [0.2, 0.25) is 0 Å². The van der Waals surface area contributed by atoms with Crippen LogP contribution in [0.5, 0.6) is 0 Å². The summed E-state index contributed by atoms with van der Waals surface area (Å²) in [4.78, 5) is 41.0. The number of aromatic nitrogens is 5. The summed E-state index contributed by atoms with van der Waals surface area (Å²) in [5.41, 5.74) is -0.359. The monoisotopic (exact) mass is 286 g/mol. The van der Waals surface area contributed by atoms with Crippen LogP contribution in [0.4, 0.5) is 5.95 Å². The van der Waals surface area contributed by atoms with Gasteiger partial charge in [-0.1, -0.05) is 6.07 Å². The van der Waals surface area contributed by atoms with E-state index in [4.69, 9.17) is 0 Å². The first-order valence-corrected chi connectivity index (χ1v) is 6.03. The summed E-state index contributed by atoms with van der Waals surface area (Å²) in [5, 5.41) is 6.41. The number of anilines is 1. The molecule has 21 heavy (non-hydrogen) atoms. The fourth-order valence-corrected chi connectivity index (χ4v) is 1.81. The third-order valence-electron chi connectivity index (χ3n) is 2.71. The molecular formula is C12H10N6O3. The number of hydrogen-bond acceptors (Lipinski definition) is 5. The van der Waals surface area contributed by atoms with Gasteiger partial charge in [-0.25, -0.2) is 14.5 Å². The summed E-state index contributed by atoms with van der Waals surface area (Å²) in [6.07, 6.45) is 2.83. The quantitative estimate of drug-likeness (QED) is 0.655. The lowest BCUT2D eigenvalue weighted by Gasteiger charge is -2.02. The molecule has 0 aliphatic rings. The molecule has 0 atom stereocenters. The molecule has 0 saturated carbocycles. The van der Waals surface area contributed by atoms with Crippen LogP contribution in [0, 0.1) is 0 Å². The third-order valence-corrected chi connectivity index (χ3v) is 2.71. The minimum atomic E-state index is -0.519. The molecule has 0 radical (unpaired) electrons. The maximum Gasteiger partial charge on any atom is 0.350 e. The topological polar surface area (TPSA) is 114 Å². The first kappa shape index (κ1) is 12.8. The van der Waals surface area contributed by atoms with Gasteiger partial charge in [-0.05, 0) is 12.1 Å². The van der Waals surface area contributed by atoms with Crippen LogP contribution in [0.3, 0.4) is 0 Å². The summed E-state index contributed by atoms with van der Waals surface area (Å²) < 4.78 is 2.36. The maximum atomic E-state index is 12.0. The minimum absolute atomic E-state index is 0.0179. The Bertz CT molecular complexity index is 922. The van der Waals surface area contributed by atoms with E-state index in [2.05, 4.69) is 20.4 Å². The molecule has 9 heteroatoms. The molecular weight excluding hydrogens is 276 g/mol. The van der Waals surface area contributed by atoms with Crippen molar-refractivity contribution in [3.63, 3.8) is 0 Å². The Morgan fingerprint density at radius 1 is 1.29 bits per heavy atom. The second-order valence-electron chi connectivity index (χ2n) is 4.20. The minimum Gasteiger partial charge on any atom is -0.294 e. The number of rotatable bonds is 3. The van der Waals surface area contributed by atoms with E-state index in [9.17, 15) is 14.4 Å². The summed E-state index contributed by atoms with van der Waals surface area (Å²) in [5.74, 6) is -0.501. The number of amides is 1. The van der Waals surface area contributed by atoms with Gasteiger partial charge in [0, 0.05) is 18.5 Å². The fraction of sp³-hybridized carbons (Fsp3) is 0.0833. The molecule has 9 nitrogen and oxygen atoms in total. The van der Waals surface area contributed by atoms with Crippen molar-refractivity contribution < 1.29 is 4.79 Å². The van der Waals surface area contributed by atoms with E-state index in [0.717, 1.165) is 4.68 Å². The highest BCUT2D eigenvalue weighted by molar-refractivity contribution is 5.88. The van der Waals surface area contributed by atoms with E-state index in [1.165, 1.54) is 16.7 Å². The lowest BCUT2D eigenvalue weighted by molar-refractivity contribution is -0.117. The van der Waals surface area contributed by atoms with Gasteiger partial charge in [0.05, 0.1) is 0 Å². The summed E-state index contributed by atoms with van der Waals surface area (Å²) in [6, 6.07) is 6.32. The zero-order chi connectivity index (χ0) is 14.8. The molecule has 106 valence electrons. The Hall–Kier alpha value is -3.23. The van der Waals surface area contributed by atoms with E-state index in [1.54, 1.807) is 24.4 Å². The fourth-order valence-electron chi connectivity index (χ4n) is 1.81. The van der Waals surface area contributed by atoms with Gasteiger partial charge >= 0.3 is 5.69 Å². The number of carbonyl (C=O) groups excluding carboxylic acids is 1. The zero-order valence-corrected chi connectivity index (χ0v) is 10.7. The number of carbonyl (C=O) groups is 1. The third kappa shape index (κ3) is 2.56. The van der Waals surface area contributed by atoms with Crippen LogP contribution < -0.4 is 16.6 Å². The second-order valence-corrected chi connectivity index (χ2v) is 4.20. The van der Waals surface area contributed by atoms with Gasteiger partial charge in [0.1, 0.15) is 6.54 Å².